The van der Waals surface area contributed by atoms with Crippen molar-refractivity contribution in [3.63, 3.8) is 0 Å². The molecule has 3 heteroatoms. The monoisotopic (exact) mass is 136 g/mol. The normalized spacial score (nSPS) is 9.00. The fraction of sp³-hybridized carbons (Fsp3) is 1.00. The van der Waals surface area contributed by atoms with E-state index >= 15 is 0 Å². The van der Waals surface area contributed by atoms with Crippen molar-refractivity contribution in [2.24, 2.45) is 0 Å². The minimum absolute atomic E-state index is 0. The molecule has 0 saturated heterocycles. The van der Waals surface area contributed by atoms with Crippen LogP contribution in [-0.4, -0.2) is 26.0 Å². The molecule has 0 radical (unpaired) electrons. The smallest absolute Gasteiger partial charge is 0.0428 e. The van der Waals surface area contributed by atoms with Crippen molar-refractivity contribution in [1.82, 2.24) is 0 Å². The highest BCUT2D eigenvalue weighted by Gasteiger charge is 1.91. The van der Waals surface area contributed by atoms with Crippen LogP contribution in [0.5, 0.6) is 0 Å². The van der Waals surface area contributed by atoms with Gasteiger partial charge in [-0.05, 0) is 6.42 Å². The summed E-state index contributed by atoms with van der Waals surface area (Å²) in [5.74, 6) is 0. The van der Waals surface area contributed by atoms with E-state index in [9.17, 15) is 0 Å². The van der Waals surface area contributed by atoms with Gasteiger partial charge in [-0.2, -0.15) is 0 Å². The van der Waals surface area contributed by atoms with E-state index in [2.05, 4.69) is 13.1 Å². The first-order chi connectivity index (χ1) is 3.27. The van der Waals surface area contributed by atoms with Gasteiger partial charge >= 0.3 is 0 Å². The number of hydrogen-bond donors (Lipinski definition) is 1. The standard InChI is InChI=1S/C5H14OSi.H2O/c1-7(2)5-3-4-6;/h6-7H,3-5H2,1-2H3;1H2. The second-order valence-electron chi connectivity index (χ2n) is 2.26. The largest absolute Gasteiger partial charge is 0.412 e. The molecule has 8 heavy (non-hydrogen) atoms. The Labute approximate surface area is 52.5 Å². The van der Waals surface area contributed by atoms with Crippen molar-refractivity contribution in [3.8, 4) is 0 Å². The van der Waals surface area contributed by atoms with Crippen LogP contribution >= 0.6 is 0 Å². The molecule has 0 aromatic carbocycles. The Morgan fingerprint density at radius 3 is 2.00 bits per heavy atom. The Hall–Kier alpha value is 0.137. The number of aliphatic hydroxyl groups excluding tert-OH is 1. The molecule has 3 N–H and O–H groups in total. The van der Waals surface area contributed by atoms with Crippen molar-refractivity contribution >= 4 is 8.80 Å². The van der Waals surface area contributed by atoms with E-state index in [1.165, 1.54) is 6.04 Å². The van der Waals surface area contributed by atoms with Crippen LogP contribution in [0.4, 0.5) is 0 Å². The van der Waals surface area contributed by atoms with E-state index in [0.29, 0.717) is 6.61 Å². The summed E-state index contributed by atoms with van der Waals surface area (Å²) in [7, 11) is -0.348. The lowest BCUT2D eigenvalue weighted by molar-refractivity contribution is 0.294. The molecule has 0 fully saturated rings. The van der Waals surface area contributed by atoms with Gasteiger partial charge in [-0.3, -0.25) is 0 Å². The summed E-state index contributed by atoms with van der Waals surface area (Å²) in [6.07, 6.45) is 1.02. The van der Waals surface area contributed by atoms with Crippen molar-refractivity contribution in [3.05, 3.63) is 0 Å². The van der Waals surface area contributed by atoms with Crippen LogP contribution in [-0.2, 0) is 0 Å². The van der Waals surface area contributed by atoms with Crippen LogP contribution in [0, 0.1) is 0 Å². The average molecular weight is 136 g/mol. The van der Waals surface area contributed by atoms with Gasteiger partial charge in [-0.15, -0.1) is 0 Å². The van der Waals surface area contributed by atoms with Crippen molar-refractivity contribution in [1.29, 1.82) is 0 Å². The number of rotatable bonds is 3. The minimum Gasteiger partial charge on any atom is -0.412 e. The molecule has 0 saturated carbocycles. The lowest BCUT2D eigenvalue weighted by atomic mass is 10.5. The zero-order valence-corrected chi connectivity index (χ0v) is 6.80. The van der Waals surface area contributed by atoms with E-state index in [1.54, 1.807) is 0 Å². The molecule has 0 heterocycles. The van der Waals surface area contributed by atoms with Crippen LogP contribution in [0.3, 0.4) is 0 Å². The van der Waals surface area contributed by atoms with E-state index < -0.39 is 0 Å². The Morgan fingerprint density at radius 1 is 1.38 bits per heavy atom. The highest BCUT2D eigenvalue weighted by Crippen LogP contribution is 1.93. The van der Waals surface area contributed by atoms with Gasteiger partial charge in [0.1, 0.15) is 0 Å². The molecule has 0 amide bonds. The summed E-state index contributed by atoms with van der Waals surface area (Å²) in [5, 5.41) is 8.34. The molecule has 0 aliphatic rings. The predicted octanol–water partition coefficient (Wildman–Crippen LogP) is 0.0308. The van der Waals surface area contributed by atoms with Crippen LogP contribution < -0.4 is 0 Å². The average Bonchev–Trinajstić information content (AvgIpc) is 1.61. The van der Waals surface area contributed by atoms with Gasteiger partial charge in [-0.1, -0.05) is 19.1 Å². The topological polar surface area (TPSA) is 51.7 Å². The van der Waals surface area contributed by atoms with Crippen molar-refractivity contribution in [2.45, 2.75) is 25.6 Å². The molecule has 0 atom stereocenters. The van der Waals surface area contributed by atoms with Crippen LogP contribution in [0.1, 0.15) is 6.42 Å². The Bertz CT molecular complexity index is 39.4. The van der Waals surface area contributed by atoms with Gasteiger partial charge in [0.2, 0.25) is 0 Å². The summed E-state index contributed by atoms with van der Waals surface area (Å²) < 4.78 is 0. The number of hydrogen-bond acceptors (Lipinski definition) is 1. The fourth-order valence-corrected chi connectivity index (χ4v) is 1.50. The maximum Gasteiger partial charge on any atom is 0.0428 e. The van der Waals surface area contributed by atoms with Crippen LogP contribution in [0.25, 0.3) is 0 Å². The highest BCUT2D eigenvalue weighted by atomic mass is 28.3. The predicted molar refractivity (Wildman–Crippen MR) is 39.0 cm³/mol. The molecule has 0 aliphatic heterocycles. The van der Waals surface area contributed by atoms with Gasteiger partial charge in [0.05, 0.1) is 0 Å². The van der Waals surface area contributed by atoms with Gasteiger partial charge in [-0.25, -0.2) is 0 Å². The number of aliphatic hydroxyl groups is 1. The maximum atomic E-state index is 8.34. The summed E-state index contributed by atoms with van der Waals surface area (Å²) in [5.41, 5.74) is 0. The second-order valence-corrected chi connectivity index (χ2v) is 5.62. The molecule has 0 aromatic rings. The molecule has 0 unspecified atom stereocenters. The van der Waals surface area contributed by atoms with Gasteiger partial charge < -0.3 is 10.6 Å². The Kier molecular flexibility index (Phi) is 9.82. The third kappa shape index (κ3) is 9.46. The third-order valence-electron chi connectivity index (χ3n) is 0.940. The Morgan fingerprint density at radius 2 is 1.88 bits per heavy atom. The Balaban J connectivity index is 0. The molecule has 0 aromatic heterocycles. The zero-order valence-electron chi connectivity index (χ0n) is 5.65. The molecule has 2 nitrogen and oxygen atoms in total. The van der Waals surface area contributed by atoms with Gasteiger partial charge in [0, 0.05) is 15.4 Å². The second kappa shape index (κ2) is 7.14. The molecule has 52 valence electrons. The van der Waals surface area contributed by atoms with Crippen LogP contribution in [0.2, 0.25) is 19.1 Å². The lowest BCUT2D eigenvalue weighted by Gasteiger charge is -1.96. The third-order valence-corrected chi connectivity index (χ3v) is 2.50. The quantitative estimate of drug-likeness (QED) is 0.547. The lowest BCUT2D eigenvalue weighted by Crippen LogP contribution is -1.99. The summed E-state index contributed by atoms with van der Waals surface area (Å²) in [4.78, 5) is 0. The summed E-state index contributed by atoms with van der Waals surface area (Å²) in [6, 6.07) is 1.29. The first kappa shape index (κ1) is 11.0. The van der Waals surface area contributed by atoms with E-state index in [1.807, 2.05) is 0 Å². The van der Waals surface area contributed by atoms with E-state index in [-0.39, 0.29) is 14.3 Å². The van der Waals surface area contributed by atoms with Crippen molar-refractivity contribution in [2.75, 3.05) is 6.61 Å². The zero-order chi connectivity index (χ0) is 5.70. The van der Waals surface area contributed by atoms with Crippen LogP contribution in [0.15, 0.2) is 0 Å². The molecule has 0 spiro atoms. The summed E-state index contributed by atoms with van der Waals surface area (Å²) >= 11 is 0. The first-order valence-electron chi connectivity index (χ1n) is 2.88. The van der Waals surface area contributed by atoms with E-state index in [4.69, 9.17) is 5.11 Å². The van der Waals surface area contributed by atoms with E-state index in [0.717, 1.165) is 6.42 Å². The first-order valence-corrected chi connectivity index (χ1v) is 6.01. The minimum atomic E-state index is -0.348. The molecule has 0 bridgehead atoms. The molecular weight excluding hydrogens is 120 g/mol. The molecular formula is C5H16O2Si. The fourth-order valence-electron chi connectivity index (χ4n) is 0.500. The van der Waals surface area contributed by atoms with Crippen molar-refractivity contribution < 1.29 is 10.6 Å². The van der Waals surface area contributed by atoms with Gasteiger partial charge in [0.25, 0.3) is 0 Å². The maximum absolute atomic E-state index is 8.34. The summed E-state index contributed by atoms with van der Waals surface area (Å²) in [6.45, 7) is 4.98. The van der Waals surface area contributed by atoms with Gasteiger partial charge in [0.15, 0.2) is 0 Å². The highest BCUT2D eigenvalue weighted by molar-refractivity contribution is 6.55. The molecule has 0 aliphatic carbocycles. The molecule has 0 rings (SSSR count). The SMILES string of the molecule is C[SiH](C)CCCO.O.